The number of aryl methyl sites for hydroxylation is 6. The van der Waals surface area contributed by atoms with Gasteiger partial charge >= 0.3 is 242 Å². The molecule has 0 bridgehead atoms. The maximum Gasteiger partial charge on any atom is -1.00 e. The van der Waals surface area contributed by atoms with Crippen molar-refractivity contribution in [3.05, 3.63) is 164 Å². The van der Waals surface area contributed by atoms with E-state index in [2.05, 4.69) is 165 Å². The van der Waals surface area contributed by atoms with E-state index in [1.54, 1.807) is 0 Å². The molecule has 1 unspecified atom stereocenters. The molecule has 4 aromatic carbocycles. The van der Waals surface area contributed by atoms with Crippen molar-refractivity contribution in [2.45, 2.75) is 57.1 Å². The number of hydrogen-bond donors (Lipinski definition) is 0. The molecule has 0 radical (unpaired) electrons. The second kappa shape index (κ2) is 13.9. The van der Waals surface area contributed by atoms with Gasteiger partial charge in [0.25, 0.3) is 0 Å². The van der Waals surface area contributed by atoms with Crippen LogP contribution >= 0.6 is 0 Å². The Bertz CT molecular complexity index is 1380. The molecule has 1 atom stereocenters. The summed E-state index contributed by atoms with van der Waals surface area (Å²) in [4.78, 5) is 0. The number of hydrogen-bond acceptors (Lipinski definition) is 0. The van der Waals surface area contributed by atoms with Gasteiger partial charge in [0.2, 0.25) is 0 Å². The SMILES string of the molecule is Cc1cc(C)cc(C(c2cc(C)cc(C)c2)(c2cc(C)cc(C)c2)[C]2([Ti+3])C=CC=C2Cc2ccccc2)c1.[Cl-].[Cl-].[Cl-]. The second-order valence-corrected chi connectivity index (χ2v) is 12.6. The third-order valence-corrected chi connectivity index (χ3v) is 9.29. The van der Waals surface area contributed by atoms with Gasteiger partial charge in [0.05, 0.1) is 0 Å². The van der Waals surface area contributed by atoms with Crippen LogP contribution in [0, 0.1) is 41.5 Å². The van der Waals surface area contributed by atoms with E-state index in [1.807, 2.05) is 0 Å². The first-order valence-electron chi connectivity index (χ1n) is 13.6. The molecule has 4 aromatic rings. The van der Waals surface area contributed by atoms with Crippen LogP contribution in [0.25, 0.3) is 0 Å². The first kappa shape index (κ1) is 35.1. The number of halogens is 3. The minimum absolute atomic E-state index is 0. The molecule has 0 aliphatic heterocycles. The fourth-order valence-electron chi connectivity index (χ4n) is 6.68. The molecule has 41 heavy (non-hydrogen) atoms. The molecule has 1 aliphatic carbocycles. The summed E-state index contributed by atoms with van der Waals surface area (Å²) in [5, 5.41) is 0. The van der Waals surface area contributed by atoms with Crippen LogP contribution in [0.2, 0.25) is 3.72 Å². The predicted molar refractivity (Wildman–Crippen MR) is 158 cm³/mol. The fourth-order valence-corrected chi connectivity index (χ4v) is 7.78. The van der Waals surface area contributed by atoms with Crippen molar-refractivity contribution in [2.24, 2.45) is 0 Å². The summed E-state index contributed by atoms with van der Waals surface area (Å²) >= 11 is 2.47. The third-order valence-electron chi connectivity index (χ3n) is 7.94. The largest absolute Gasteiger partial charge is 1.00 e. The summed E-state index contributed by atoms with van der Waals surface area (Å²) in [6.07, 6.45) is 8.06. The Morgan fingerprint density at radius 1 is 0.561 bits per heavy atom. The number of allylic oxidation sites excluding steroid dienone is 4. The van der Waals surface area contributed by atoms with Gasteiger partial charge in [0.15, 0.2) is 0 Å². The van der Waals surface area contributed by atoms with Gasteiger partial charge in [-0.25, -0.2) is 0 Å². The predicted octanol–water partition coefficient (Wildman–Crippen LogP) is 0.328. The molecule has 0 saturated heterocycles. The van der Waals surface area contributed by atoms with Crippen molar-refractivity contribution < 1.29 is 57.7 Å². The normalized spacial score (nSPS) is 15.9. The summed E-state index contributed by atoms with van der Waals surface area (Å²) < 4.78 is -0.274. The van der Waals surface area contributed by atoms with Crippen molar-refractivity contribution in [3.63, 3.8) is 0 Å². The molecule has 0 N–H and O–H groups in total. The molecular formula is C37H37Cl3Ti. The van der Waals surface area contributed by atoms with Crippen LogP contribution in [-0.4, -0.2) is 0 Å². The van der Waals surface area contributed by atoms with Crippen molar-refractivity contribution in [1.29, 1.82) is 0 Å². The topological polar surface area (TPSA) is 0 Å². The Hall–Kier alpha value is -2.06. The summed E-state index contributed by atoms with van der Waals surface area (Å²) in [6.45, 7) is 13.4. The summed E-state index contributed by atoms with van der Waals surface area (Å²) in [6, 6.07) is 32.4. The molecule has 4 heteroatoms. The van der Waals surface area contributed by atoms with Gasteiger partial charge in [0.1, 0.15) is 0 Å². The molecule has 0 aromatic heterocycles. The monoisotopic (exact) mass is 634 g/mol. The van der Waals surface area contributed by atoms with Gasteiger partial charge in [0, 0.05) is 0 Å². The van der Waals surface area contributed by atoms with E-state index in [1.165, 1.54) is 61.2 Å². The van der Waals surface area contributed by atoms with Gasteiger partial charge in [-0.2, -0.15) is 0 Å². The Kier molecular flexibility index (Phi) is 12.0. The molecule has 210 valence electrons. The Labute approximate surface area is 277 Å². The van der Waals surface area contributed by atoms with Crippen LogP contribution in [0.1, 0.15) is 55.6 Å². The van der Waals surface area contributed by atoms with Crippen molar-refractivity contribution >= 4 is 0 Å². The van der Waals surface area contributed by atoms with Gasteiger partial charge in [-0.1, -0.05) is 0 Å². The van der Waals surface area contributed by atoms with E-state index in [0.29, 0.717) is 0 Å². The molecule has 0 saturated carbocycles. The van der Waals surface area contributed by atoms with Crippen molar-refractivity contribution in [1.82, 2.24) is 0 Å². The molecular weight excluding hydrogens is 599 g/mol. The zero-order valence-electron chi connectivity index (χ0n) is 24.7. The van der Waals surface area contributed by atoms with Crippen LogP contribution in [-0.2, 0) is 32.3 Å². The van der Waals surface area contributed by atoms with E-state index in [-0.39, 0.29) is 40.9 Å². The van der Waals surface area contributed by atoms with Gasteiger partial charge in [-0.3, -0.25) is 0 Å². The van der Waals surface area contributed by atoms with Crippen LogP contribution in [0.4, 0.5) is 0 Å². The number of rotatable bonds is 6. The van der Waals surface area contributed by atoms with Gasteiger partial charge in [-0.15, -0.1) is 0 Å². The molecule has 0 heterocycles. The van der Waals surface area contributed by atoms with Crippen LogP contribution < -0.4 is 37.2 Å². The smallest absolute Gasteiger partial charge is 1.00 e. The molecule has 0 spiro atoms. The van der Waals surface area contributed by atoms with Crippen LogP contribution in [0.15, 0.2) is 109 Å². The van der Waals surface area contributed by atoms with Gasteiger partial charge < -0.3 is 37.2 Å². The van der Waals surface area contributed by atoms with E-state index < -0.39 is 5.41 Å². The molecule has 0 nitrogen and oxygen atoms in total. The summed E-state index contributed by atoms with van der Waals surface area (Å²) in [5.74, 6) is 0. The molecule has 0 fully saturated rings. The Morgan fingerprint density at radius 2 is 0.927 bits per heavy atom. The minimum Gasteiger partial charge on any atom is -1.00 e. The fraction of sp³-hybridized carbons (Fsp3) is 0.243. The quantitative estimate of drug-likeness (QED) is 0.212. The second-order valence-electron chi connectivity index (χ2n) is 11.4. The third kappa shape index (κ3) is 6.64. The zero-order valence-corrected chi connectivity index (χ0v) is 28.5. The maximum atomic E-state index is 2.47. The van der Waals surface area contributed by atoms with E-state index in [0.717, 1.165) is 6.42 Å². The molecule has 1 aliphatic rings. The summed E-state index contributed by atoms with van der Waals surface area (Å²) in [7, 11) is 0. The zero-order chi connectivity index (χ0) is 27.1. The Balaban J connectivity index is 0.00000196. The van der Waals surface area contributed by atoms with Crippen molar-refractivity contribution in [3.8, 4) is 0 Å². The first-order valence-corrected chi connectivity index (χ1v) is 14.3. The molecule has 5 rings (SSSR count). The van der Waals surface area contributed by atoms with E-state index >= 15 is 0 Å². The van der Waals surface area contributed by atoms with Gasteiger partial charge in [-0.05, 0) is 0 Å². The number of benzene rings is 4. The summed E-state index contributed by atoms with van der Waals surface area (Å²) in [5.41, 5.74) is 14.3. The maximum absolute atomic E-state index is 2.47. The van der Waals surface area contributed by atoms with E-state index in [4.69, 9.17) is 0 Å². The molecule has 0 amide bonds. The Morgan fingerprint density at radius 3 is 1.29 bits per heavy atom. The van der Waals surface area contributed by atoms with Crippen LogP contribution in [0.3, 0.4) is 0 Å². The average molecular weight is 636 g/mol. The van der Waals surface area contributed by atoms with Crippen molar-refractivity contribution in [2.75, 3.05) is 0 Å². The first-order chi connectivity index (χ1) is 18.1. The average Bonchev–Trinajstić information content (AvgIpc) is 3.19. The van der Waals surface area contributed by atoms with E-state index in [9.17, 15) is 0 Å². The van der Waals surface area contributed by atoms with Crippen LogP contribution in [0.5, 0.6) is 0 Å². The standard InChI is InChI=1S/C37H37.3ClH.Ti/c1-25-15-26(2)19-33(18-25)37(34-20-27(3)16-28(4)21-34,35-22-29(5)17-30(6)23-35)36-14-10-13-32(36)24-31-11-8-7-9-12-31;;;;/h7-23H,24H2,1-6H3;3*1H;/q;;;;+3/p-3. The minimum atomic E-state index is -0.412.